The minimum absolute atomic E-state index is 0.0557. The van der Waals surface area contributed by atoms with Crippen molar-refractivity contribution in [3.05, 3.63) is 89.0 Å². The fourth-order valence-electron chi connectivity index (χ4n) is 3.74. The summed E-state index contributed by atoms with van der Waals surface area (Å²) in [7, 11) is 0. The second-order valence-electron chi connectivity index (χ2n) is 8.08. The van der Waals surface area contributed by atoms with Crippen LogP contribution in [-0.4, -0.2) is 26.4 Å². The van der Waals surface area contributed by atoms with Gasteiger partial charge in [0.15, 0.2) is 11.0 Å². The summed E-state index contributed by atoms with van der Waals surface area (Å²) in [6.07, 6.45) is 0.867. The van der Waals surface area contributed by atoms with E-state index in [-0.39, 0.29) is 11.7 Å². The van der Waals surface area contributed by atoms with Crippen LogP contribution in [0.4, 0.5) is 5.69 Å². The molecule has 0 bridgehead atoms. The summed E-state index contributed by atoms with van der Waals surface area (Å²) < 4.78 is 2.03. The number of carbonyl (C=O) groups is 1. The number of rotatable bonds is 7. The van der Waals surface area contributed by atoms with Gasteiger partial charge in [-0.25, -0.2) is 0 Å². The molecule has 6 heteroatoms. The highest BCUT2D eigenvalue weighted by molar-refractivity contribution is 7.99. The number of benzene rings is 3. The average Bonchev–Trinajstić information content (AvgIpc) is 3.25. The Kier molecular flexibility index (Phi) is 6.94. The first-order chi connectivity index (χ1) is 16.0. The van der Waals surface area contributed by atoms with E-state index in [2.05, 4.69) is 60.6 Å². The first-order valence-corrected chi connectivity index (χ1v) is 12.1. The number of hydrogen-bond donors (Lipinski definition) is 1. The van der Waals surface area contributed by atoms with Crippen molar-refractivity contribution in [3.63, 3.8) is 0 Å². The molecule has 1 heterocycles. The van der Waals surface area contributed by atoms with E-state index in [9.17, 15) is 4.79 Å². The molecule has 0 radical (unpaired) electrons. The highest BCUT2D eigenvalue weighted by Crippen LogP contribution is 2.29. The number of hydrogen-bond acceptors (Lipinski definition) is 4. The van der Waals surface area contributed by atoms with Gasteiger partial charge in [-0.3, -0.25) is 9.36 Å². The monoisotopic (exact) mass is 456 g/mol. The van der Waals surface area contributed by atoms with Gasteiger partial charge in [0, 0.05) is 11.3 Å². The second kappa shape index (κ2) is 10.0. The van der Waals surface area contributed by atoms with Crippen molar-refractivity contribution >= 4 is 23.4 Å². The molecular formula is C27H28N4OS. The minimum Gasteiger partial charge on any atom is -0.325 e. The zero-order chi connectivity index (χ0) is 23.4. The SMILES string of the molecule is CCc1cccc(C)c1NC(=O)CSc1nnc(-c2ccccc2)n1-c1ccc(C)c(C)c1. The molecule has 5 nitrogen and oxygen atoms in total. The summed E-state index contributed by atoms with van der Waals surface area (Å²) in [6, 6.07) is 22.4. The Morgan fingerprint density at radius 1 is 0.909 bits per heavy atom. The number of anilines is 1. The van der Waals surface area contributed by atoms with Crippen molar-refractivity contribution < 1.29 is 4.79 Å². The zero-order valence-electron chi connectivity index (χ0n) is 19.4. The van der Waals surface area contributed by atoms with Crippen LogP contribution in [0.25, 0.3) is 17.1 Å². The highest BCUT2D eigenvalue weighted by atomic mass is 32.2. The van der Waals surface area contributed by atoms with Crippen molar-refractivity contribution in [2.45, 2.75) is 39.3 Å². The molecular weight excluding hydrogens is 428 g/mol. The fraction of sp³-hybridized carbons (Fsp3) is 0.222. The maximum absolute atomic E-state index is 12.8. The third-order valence-electron chi connectivity index (χ3n) is 5.75. The minimum atomic E-state index is -0.0557. The van der Waals surface area contributed by atoms with Crippen LogP contribution in [0.15, 0.2) is 71.9 Å². The molecule has 3 aromatic carbocycles. The number of amides is 1. The zero-order valence-corrected chi connectivity index (χ0v) is 20.2. The summed E-state index contributed by atoms with van der Waals surface area (Å²) >= 11 is 1.39. The molecule has 4 rings (SSSR count). The van der Waals surface area contributed by atoms with Gasteiger partial charge >= 0.3 is 0 Å². The van der Waals surface area contributed by atoms with E-state index in [1.165, 1.54) is 22.9 Å². The van der Waals surface area contributed by atoms with Crippen molar-refractivity contribution in [3.8, 4) is 17.1 Å². The summed E-state index contributed by atoms with van der Waals surface area (Å²) in [4.78, 5) is 12.8. The topological polar surface area (TPSA) is 59.8 Å². The molecule has 0 aliphatic rings. The molecule has 0 fully saturated rings. The summed E-state index contributed by atoms with van der Waals surface area (Å²) in [5, 5.41) is 12.7. The number of nitrogens with one attached hydrogen (secondary N) is 1. The van der Waals surface area contributed by atoms with Gasteiger partial charge < -0.3 is 5.32 Å². The van der Waals surface area contributed by atoms with E-state index in [0.29, 0.717) is 5.16 Å². The van der Waals surface area contributed by atoms with Gasteiger partial charge in [-0.05, 0) is 61.6 Å². The lowest BCUT2D eigenvalue weighted by atomic mass is 10.1. The molecule has 1 aromatic heterocycles. The van der Waals surface area contributed by atoms with Crippen molar-refractivity contribution in [1.29, 1.82) is 0 Å². The van der Waals surface area contributed by atoms with E-state index >= 15 is 0 Å². The van der Waals surface area contributed by atoms with Gasteiger partial charge in [-0.15, -0.1) is 10.2 Å². The molecule has 0 saturated heterocycles. The summed E-state index contributed by atoms with van der Waals surface area (Å²) in [5.74, 6) is 0.948. The lowest BCUT2D eigenvalue weighted by molar-refractivity contribution is -0.113. The lowest BCUT2D eigenvalue weighted by Gasteiger charge is -2.14. The van der Waals surface area contributed by atoms with Crippen LogP contribution in [0.1, 0.15) is 29.2 Å². The fourth-order valence-corrected chi connectivity index (χ4v) is 4.49. The third-order valence-corrected chi connectivity index (χ3v) is 6.68. The molecule has 0 spiro atoms. The average molecular weight is 457 g/mol. The van der Waals surface area contributed by atoms with E-state index in [4.69, 9.17) is 0 Å². The summed E-state index contributed by atoms with van der Waals surface area (Å²) in [5.41, 5.74) is 7.50. The van der Waals surface area contributed by atoms with E-state index in [0.717, 1.165) is 40.3 Å². The predicted molar refractivity (Wildman–Crippen MR) is 136 cm³/mol. The van der Waals surface area contributed by atoms with Crippen molar-refractivity contribution in [2.75, 3.05) is 11.1 Å². The first-order valence-electron chi connectivity index (χ1n) is 11.1. The largest absolute Gasteiger partial charge is 0.325 e. The van der Waals surface area contributed by atoms with Crippen LogP contribution in [0.3, 0.4) is 0 Å². The number of carbonyl (C=O) groups excluding carboxylic acids is 1. The molecule has 0 saturated carbocycles. The quantitative estimate of drug-likeness (QED) is 0.339. The molecule has 1 amide bonds. The van der Waals surface area contributed by atoms with Gasteiger partial charge in [-0.1, -0.05) is 73.3 Å². The molecule has 0 aliphatic carbocycles. The lowest BCUT2D eigenvalue weighted by Crippen LogP contribution is -2.16. The molecule has 4 aromatic rings. The Hall–Kier alpha value is -3.38. The van der Waals surface area contributed by atoms with Crippen LogP contribution in [-0.2, 0) is 11.2 Å². The van der Waals surface area contributed by atoms with Crippen molar-refractivity contribution in [1.82, 2.24) is 14.8 Å². The molecule has 168 valence electrons. The molecule has 0 atom stereocenters. The van der Waals surface area contributed by atoms with Crippen LogP contribution < -0.4 is 5.32 Å². The number of nitrogens with zero attached hydrogens (tertiary/aromatic N) is 3. The van der Waals surface area contributed by atoms with Crippen molar-refractivity contribution in [2.24, 2.45) is 0 Å². The maximum Gasteiger partial charge on any atom is 0.234 e. The van der Waals surface area contributed by atoms with Gasteiger partial charge in [-0.2, -0.15) is 0 Å². The number of para-hydroxylation sites is 1. The Morgan fingerprint density at radius 3 is 2.42 bits per heavy atom. The number of aromatic nitrogens is 3. The van der Waals surface area contributed by atoms with E-state index < -0.39 is 0 Å². The van der Waals surface area contributed by atoms with Crippen LogP contribution >= 0.6 is 11.8 Å². The van der Waals surface area contributed by atoms with Gasteiger partial charge in [0.05, 0.1) is 11.4 Å². The van der Waals surface area contributed by atoms with Crippen LogP contribution in [0.5, 0.6) is 0 Å². The van der Waals surface area contributed by atoms with Gasteiger partial charge in [0.2, 0.25) is 5.91 Å². The molecule has 0 aliphatic heterocycles. The van der Waals surface area contributed by atoms with E-state index in [1.807, 2.05) is 54.0 Å². The molecule has 0 unspecified atom stereocenters. The Morgan fingerprint density at radius 2 is 1.70 bits per heavy atom. The molecule has 1 N–H and O–H groups in total. The van der Waals surface area contributed by atoms with Gasteiger partial charge in [0.1, 0.15) is 0 Å². The highest BCUT2D eigenvalue weighted by Gasteiger charge is 2.18. The Balaban J connectivity index is 1.62. The number of thioether (sulfide) groups is 1. The number of aryl methyl sites for hydroxylation is 4. The Labute approximate surface area is 199 Å². The van der Waals surface area contributed by atoms with Crippen LogP contribution in [0, 0.1) is 20.8 Å². The van der Waals surface area contributed by atoms with Gasteiger partial charge in [0.25, 0.3) is 0 Å². The third kappa shape index (κ3) is 5.01. The summed E-state index contributed by atoms with van der Waals surface area (Å²) in [6.45, 7) is 8.30. The smallest absolute Gasteiger partial charge is 0.234 e. The maximum atomic E-state index is 12.8. The first kappa shape index (κ1) is 22.8. The van der Waals surface area contributed by atoms with E-state index in [1.54, 1.807) is 0 Å². The predicted octanol–water partition coefficient (Wildman–Crippen LogP) is 6.15. The molecule has 33 heavy (non-hydrogen) atoms. The Bertz CT molecular complexity index is 1280. The second-order valence-corrected chi connectivity index (χ2v) is 9.02. The standard InChI is InChI=1S/C27H28N4OS/c1-5-21-13-9-10-19(3)25(21)28-24(32)17-33-27-30-29-26(22-11-7-6-8-12-22)31(27)23-15-14-18(2)20(4)16-23/h6-16H,5,17H2,1-4H3,(H,28,32). The van der Waals surface area contributed by atoms with Crippen LogP contribution in [0.2, 0.25) is 0 Å². The normalized spacial score (nSPS) is 10.9.